The molecule has 4 nitrogen and oxygen atoms in total. The van der Waals surface area contributed by atoms with E-state index in [1.165, 1.54) is 5.56 Å². The first-order valence-corrected chi connectivity index (χ1v) is 6.75. The molecule has 1 aliphatic rings. The highest BCUT2D eigenvalue weighted by atomic mass is 16.7. The van der Waals surface area contributed by atoms with Gasteiger partial charge in [-0.05, 0) is 26.3 Å². The van der Waals surface area contributed by atoms with Gasteiger partial charge in [-0.15, -0.1) is 0 Å². The summed E-state index contributed by atoms with van der Waals surface area (Å²) in [5.74, 6) is -0.632. The molecule has 1 fully saturated rings. The van der Waals surface area contributed by atoms with E-state index in [1.807, 2.05) is 32.0 Å². The maximum atomic E-state index is 10.1. The molecule has 1 aliphatic heterocycles. The molecule has 0 aliphatic carbocycles. The van der Waals surface area contributed by atoms with Crippen molar-refractivity contribution in [3.8, 4) is 0 Å². The van der Waals surface area contributed by atoms with E-state index in [0.717, 1.165) is 0 Å². The molecule has 1 aromatic carbocycles. The number of nitrogens with one attached hydrogen (secondary N) is 1. The first kappa shape index (κ1) is 14.5. The SMILES string of the molecule is C[C@H](N[C@H]1COC(C)(C)OC[C@@H]1O)c1ccccc1. The van der Waals surface area contributed by atoms with Crippen LogP contribution >= 0.6 is 0 Å². The Morgan fingerprint density at radius 3 is 2.53 bits per heavy atom. The van der Waals surface area contributed by atoms with Crippen LogP contribution in [0.2, 0.25) is 0 Å². The molecule has 0 aromatic heterocycles. The minimum Gasteiger partial charge on any atom is -0.389 e. The number of hydrogen-bond acceptors (Lipinski definition) is 4. The normalized spacial score (nSPS) is 28.6. The molecule has 2 N–H and O–H groups in total. The zero-order valence-electron chi connectivity index (χ0n) is 11.8. The molecule has 106 valence electrons. The second-order valence-electron chi connectivity index (χ2n) is 5.49. The van der Waals surface area contributed by atoms with E-state index in [-0.39, 0.29) is 18.7 Å². The van der Waals surface area contributed by atoms with E-state index in [4.69, 9.17) is 9.47 Å². The molecular formula is C15H23NO3. The van der Waals surface area contributed by atoms with Crippen LogP contribution in [-0.2, 0) is 9.47 Å². The van der Waals surface area contributed by atoms with Gasteiger partial charge in [-0.2, -0.15) is 0 Å². The second-order valence-corrected chi connectivity index (χ2v) is 5.49. The van der Waals surface area contributed by atoms with Gasteiger partial charge in [0.05, 0.1) is 25.4 Å². The van der Waals surface area contributed by atoms with Gasteiger partial charge in [0.1, 0.15) is 0 Å². The molecule has 1 heterocycles. The van der Waals surface area contributed by atoms with Crippen LogP contribution < -0.4 is 5.32 Å². The number of benzene rings is 1. The van der Waals surface area contributed by atoms with E-state index in [0.29, 0.717) is 6.61 Å². The van der Waals surface area contributed by atoms with Crippen molar-refractivity contribution < 1.29 is 14.6 Å². The monoisotopic (exact) mass is 265 g/mol. The highest BCUT2D eigenvalue weighted by Crippen LogP contribution is 2.20. The molecule has 19 heavy (non-hydrogen) atoms. The number of aliphatic hydroxyl groups is 1. The first-order valence-electron chi connectivity index (χ1n) is 6.75. The van der Waals surface area contributed by atoms with Gasteiger partial charge in [0.15, 0.2) is 5.79 Å². The Morgan fingerprint density at radius 2 is 1.84 bits per heavy atom. The Balaban J connectivity index is 1.98. The predicted octanol–water partition coefficient (Wildman–Crippen LogP) is 1.85. The van der Waals surface area contributed by atoms with Gasteiger partial charge in [0.2, 0.25) is 0 Å². The largest absolute Gasteiger partial charge is 0.389 e. The summed E-state index contributed by atoms with van der Waals surface area (Å²) in [6.07, 6.45) is -0.562. The Morgan fingerprint density at radius 1 is 1.21 bits per heavy atom. The number of ether oxygens (including phenoxy) is 2. The molecule has 1 aromatic rings. The van der Waals surface area contributed by atoms with Crippen molar-refractivity contribution in [1.82, 2.24) is 5.32 Å². The van der Waals surface area contributed by atoms with Gasteiger partial charge in [-0.1, -0.05) is 30.3 Å². The molecule has 1 saturated heterocycles. The Kier molecular flexibility index (Phi) is 4.58. The lowest BCUT2D eigenvalue weighted by molar-refractivity contribution is -0.203. The van der Waals surface area contributed by atoms with Crippen LogP contribution in [-0.4, -0.2) is 36.3 Å². The molecular weight excluding hydrogens is 242 g/mol. The summed E-state index contributed by atoms with van der Waals surface area (Å²) in [6.45, 7) is 6.53. The summed E-state index contributed by atoms with van der Waals surface area (Å²) in [6, 6.07) is 10.2. The van der Waals surface area contributed by atoms with Crippen LogP contribution in [0.3, 0.4) is 0 Å². The molecule has 0 spiro atoms. The van der Waals surface area contributed by atoms with Crippen LogP contribution in [0.5, 0.6) is 0 Å². The second kappa shape index (κ2) is 6.01. The standard InChI is InChI=1S/C15H23NO3/c1-11(12-7-5-4-6-8-12)16-13-9-18-15(2,3)19-10-14(13)17/h4-8,11,13-14,16-17H,9-10H2,1-3H3/t11-,13-,14-/m0/s1. The van der Waals surface area contributed by atoms with Crippen LogP contribution in [0.1, 0.15) is 32.4 Å². The quantitative estimate of drug-likeness (QED) is 0.875. The molecule has 0 bridgehead atoms. The van der Waals surface area contributed by atoms with Crippen molar-refractivity contribution in [1.29, 1.82) is 0 Å². The zero-order chi connectivity index (χ0) is 13.9. The lowest BCUT2D eigenvalue weighted by Crippen LogP contribution is -2.45. The van der Waals surface area contributed by atoms with Gasteiger partial charge in [0, 0.05) is 6.04 Å². The van der Waals surface area contributed by atoms with Gasteiger partial charge in [-0.25, -0.2) is 0 Å². The highest BCUT2D eigenvalue weighted by molar-refractivity contribution is 5.18. The molecule has 0 radical (unpaired) electrons. The average molecular weight is 265 g/mol. The lowest BCUT2D eigenvalue weighted by Gasteiger charge is -2.25. The predicted molar refractivity (Wildman–Crippen MR) is 73.8 cm³/mol. The van der Waals surface area contributed by atoms with E-state index < -0.39 is 11.9 Å². The molecule has 2 rings (SSSR count). The Bertz CT molecular complexity index is 394. The van der Waals surface area contributed by atoms with Gasteiger partial charge < -0.3 is 19.9 Å². The third-order valence-electron chi connectivity index (χ3n) is 3.44. The van der Waals surface area contributed by atoms with Crippen molar-refractivity contribution in [3.05, 3.63) is 35.9 Å². The molecule has 3 atom stereocenters. The summed E-state index contributed by atoms with van der Waals surface area (Å²) < 4.78 is 11.2. The Hall–Kier alpha value is -0.940. The summed E-state index contributed by atoms with van der Waals surface area (Å²) in [5.41, 5.74) is 1.19. The van der Waals surface area contributed by atoms with Crippen molar-refractivity contribution in [2.45, 2.75) is 44.7 Å². The van der Waals surface area contributed by atoms with Gasteiger partial charge in [0.25, 0.3) is 0 Å². The minimum absolute atomic E-state index is 0.128. The first-order chi connectivity index (χ1) is 8.98. The summed E-state index contributed by atoms with van der Waals surface area (Å²) in [5, 5.41) is 13.5. The maximum absolute atomic E-state index is 10.1. The van der Waals surface area contributed by atoms with E-state index in [2.05, 4.69) is 24.4 Å². The van der Waals surface area contributed by atoms with E-state index in [9.17, 15) is 5.11 Å². The lowest BCUT2D eigenvalue weighted by atomic mass is 10.1. The zero-order valence-corrected chi connectivity index (χ0v) is 11.8. The van der Waals surface area contributed by atoms with Crippen molar-refractivity contribution in [2.75, 3.05) is 13.2 Å². The summed E-state index contributed by atoms with van der Waals surface area (Å²) >= 11 is 0. The summed E-state index contributed by atoms with van der Waals surface area (Å²) in [4.78, 5) is 0. The fraction of sp³-hybridized carbons (Fsp3) is 0.600. The highest BCUT2D eigenvalue weighted by Gasteiger charge is 2.31. The molecule has 0 unspecified atom stereocenters. The van der Waals surface area contributed by atoms with Gasteiger partial charge >= 0.3 is 0 Å². The van der Waals surface area contributed by atoms with E-state index in [1.54, 1.807) is 0 Å². The summed E-state index contributed by atoms with van der Waals surface area (Å²) in [7, 11) is 0. The maximum Gasteiger partial charge on any atom is 0.162 e. The third-order valence-corrected chi connectivity index (χ3v) is 3.44. The van der Waals surface area contributed by atoms with Crippen molar-refractivity contribution in [2.24, 2.45) is 0 Å². The molecule has 0 amide bonds. The number of rotatable bonds is 3. The smallest absolute Gasteiger partial charge is 0.162 e. The number of hydrogen-bond donors (Lipinski definition) is 2. The minimum atomic E-state index is -0.632. The van der Waals surface area contributed by atoms with Crippen LogP contribution in [0, 0.1) is 0 Å². The molecule has 4 heteroatoms. The number of aliphatic hydroxyl groups excluding tert-OH is 1. The average Bonchev–Trinajstić information content (AvgIpc) is 2.53. The molecule has 0 saturated carbocycles. The van der Waals surface area contributed by atoms with Crippen LogP contribution in [0.15, 0.2) is 30.3 Å². The topological polar surface area (TPSA) is 50.7 Å². The Labute approximate surface area is 114 Å². The fourth-order valence-corrected chi connectivity index (χ4v) is 2.16. The third kappa shape index (κ3) is 4.01. The van der Waals surface area contributed by atoms with E-state index >= 15 is 0 Å². The van der Waals surface area contributed by atoms with Crippen molar-refractivity contribution in [3.63, 3.8) is 0 Å². The van der Waals surface area contributed by atoms with Crippen LogP contribution in [0.4, 0.5) is 0 Å². The van der Waals surface area contributed by atoms with Crippen molar-refractivity contribution >= 4 is 0 Å². The van der Waals surface area contributed by atoms with Gasteiger partial charge in [-0.3, -0.25) is 0 Å². The fourth-order valence-electron chi connectivity index (χ4n) is 2.16. The van der Waals surface area contributed by atoms with Crippen LogP contribution in [0.25, 0.3) is 0 Å².